The fourth-order valence-electron chi connectivity index (χ4n) is 2.16. The number of H-pyrrole nitrogens is 1. The third kappa shape index (κ3) is 2.13. The molecule has 0 aliphatic rings. The molecule has 102 valence electrons. The van der Waals surface area contributed by atoms with Crippen LogP contribution >= 0.6 is 0 Å². The van der Waals surface area contributed by atoms with Crippen LogP contribution in [0.4, 0.5) is 5.69 Å². The lowest BCUT2D eigenvalue weighted by Gasteiger charge is -2.18. The lowest BCUT2D eigenvalue weighted by atomic mass is 9.91. The van der Waals surface area contributed by atoms with Gasteiger partial charge in [-0.1, -0.05) is 32.9 Å². The topological polar surface area (TPSA) is 67.6 Å². The minimum atomic E-state index is -0.0134. The molecule has 3 rings (SSSR count). The molecule has 0 unspecified atom stereocenters. The Morgan fingerprint density at radius 1 is 1.15 bits per heavy atom. The van der Waals surface area contributed by atoms with Gasteiger partial charge in [-0.3, -0.25) is 4.98 Å². The average Bonchev–Trinajstić information content (AvgIpc) is 2.80. The summed E-state index contributed by atoms with van der Waals surface area (Å²) in [5, 5.41) is 0. The maximum absolute atomic E-state index is 6.17. The minimum absolute atomic E-state index is 0.0134. The third-order valence-electron chi connectivity index (χ3n) is 3.35. The summed E-state index contributed by atoms with van der Waals surface area (Å²) in [5.74, 6) is 0.761. The largest absolute Gasteiger partial charge is 0.398 e. The van der Waals surface area contributed by atoms with Crippen LogP contribution in [0.1, 0.15) is 26.5 Å². The standard InChI is InChI=1S/C16H18N4/c1-16(2,3)14-8-11(17)10(9-18-14)15-19-12-6-4-5-7-13(12)20-15/h4-9H,1-3H3,(H2,17,18)(H,19,20). The number of nitrogen functional groups attached to an aromatic ring is 1. The lowest BCUT2D eigenvalue weighted by molar-refractivity contribution is 0.569. The second-order valence-corrected chi connectivity index (χ2v) is 6.01. The SMILES string of the molecule is CC(C)(C)c1cc(N)c(-c2nc3ccccc3[nH]2)cn1. The molecule has 3 N–H and O–H groups in total. The van der Waals surface area contributed by atoms with E-state index in [0.717, 1.165) is 28.1 Å². The average molecular weight is 266 g/mol. The van der Waals surface area contributed by atoms with E-state index < -0.39 is 0 Å². The monoisotopic (exact) mass is 266 g/mol. The molecule has 0 saturated heterocycles. The Hall–Kier alpha value is -2.36. The number of rotatable bonds is 1. The molecule has 1 aromatic carbocycles. The van der Waals surface area contributed by atoms with Gasteiger partial charge >= 0.3 is 0 Å². The van der Waals surface area contributed by atoms with Crippen LogP contribution < -0.4 is 5.73 Å². The van der Waals surface area contributed by atoms with E-state index in [1.165, 1.54) is 0 Å². The predicted molar refractivity (Wildman–Crippen MR) is 82.4 cm³/mol. The second-order valence-electron chi connectivity index (χ2n) is 6.01. The van der Waals surface area contributed by atoms with Crippen LogP contribution in [0.25, 0.3) is 22.4 Å². The molecule has 4 nitrogen and oxygen atoms in total. The van der Waals surface area contributed by atoms with Crippen molar-refractivity contribution in [1.82, 2.24) is 15.0 Å². The van der Waals surface area contributed by atoms with Crippen LogP contribution in [0.5, 0.6) is 0 Å². The highest BCUT2D eigenvalue weighted by molar-refractivity contribution is 5.82. The van der Waals surface area contributed by atoms with Crippen molar-refractivity contribution < 1.29 is 0 Å². The first kappa shape index (κ1) is 12.7. The van der Waals surface area contributed by atoms with Crippen molar-refractivity contribution in [3.8, 4) is 11.4 Å². The first-order chi connectivity index (χ1) is 9.45. The molecule has 0 radical (unpaired) electrons. The number of imidazole rings is 1. The number of anilines is 1. The van der Waals surface area contributed by atoms with Crippen LogP contribution in [-0.2, 0) is 5.41 Å². The number of pyridine rings is 1. The zero-order chi connectivity index (χ0) is 14.3. The van der Waals surface area contributed by atoms with E-state index in [4.69, 9.17) is 5.73 Å². The van der Waals surface area contributed by atoms with E-state index in [1.807, 2.05) is 30.3 Å². The van der Waals surface area contributed by atoms with E-state index in [0.29, 0.717) is 5.69 Å². The molecule has 0 bridgehead atoms. The van der Waals surface area contributed by atoms with E-state index in [9.17, 15) is 0 Å². The summed E-state index contributed by atoms with van der Waals surface area (Å²) < 4.78 is 0. The number of hydrogen-bond donors (Lipinski definition) is 2. The van der Waals surface area contributed by atoms with Crippen molar-refractivity contribution in [2.75, 3.05) is 5.73 Å². The van der Waals surface area contributed by atoms with E-state index in [2.05, 4.69) is 35.7 Å². The Morgan fingerprint density at radius 2 is 1.90 bits per heavy atom. The van der Waals surface area contributed by atoms with Gasteiger partial charge in [0.05, 0.1) is 16.6 Å². The summed E-state index contributed by atoms with van der Waals surface area (Å²) in [7, 11) is 0. The first-order valence-corrected chi connectivity index (χ1v) is 6.66. The first-order valence-electron chi connectivity index (χ1n) is 6.66. The van der Waals surface area contributed by atoms with Gasteiger partial charge in [-0.05, 0) is 18.2 Å². The maximum Gasteiger partial charge on any atom is 0.142 e. The van der Waals surface area contributed by atoms with Crippen LogP contribution in [0.3, 0.4) is 0 Å². The van der Waals surface area contributed by atoms with Crippen LogP contribution in [0.2, 0.25) is 0 Å². The molecule has 0 spiro atoms. The third-order valence-corrected chi connectivity index (χ3v) is 3.35. The molecule has 4 heteroatoms. The molecular weight excluding hydrogens is 248 g/mol. The number of aromatic amines is 1. The fraction of sp³-hybridized carbons (Fsp3) is 0.250. The van der Waals surface area contributed by atoms with Crippen LogP contribution in [0.15, 0.2) is 36.5 Å². The number of nitrogens with one attached hydrogen (secondary N) is 1. The molecule has 0 aliphatic heterocycles. The Bertz CT molecular complexity index is 732. The number of benzene rings is 1. The molecule has 2 heterocycles. The van der Waals surface area contributed by atoms with Crippen molar-refractivity contribution >= 4 is 16.7 Å². The molecule has 0 saturated carbocycles. The van der Waals surface area contributed by atoms with Gasteiger partial charge in [-0.2, -0.15) is 0 Å². The van der Waals surface area contributed by atoms with E-state index in [-0.39, 0.29) is 5.41 Å². The molecule has 0 fully saturated rings. The Balaban J connectivity index is 2.10. The summed E-state index contributed by atoms with van der Waals surface area (Å²) in [6, 6.07) is 9.86. The van der Waals surface area contributed by atoms with Gasteiger partial charge < -0.3 is 10.7 Å². The summed E-state index contributed by atoms with van der Waals surface area (Å²) in [4.78, 5) is 12.4. The van der Waals surface area contributed by atoms with Gasteiger partial charge in [0.1, 0.15) is 5.82 Å². The highest BCUT2D eigenvalue weighted by Crippen LogP contribution is 2.29. The molecule has 20 heavy (non-hydrogen) atoms. The second kappa shape index (κ2) is 4.34. The Morgan fingerprint density at radius 3 is 2.55 bits per heavy atom. The van der Waals surface area contributed by atoms with Gasteiger partial charge in [0.2, 0.25) is 0 Å². The van der Waals surface area contributed by atoms with Crippen molar-refractivity contribution in [2.24, 2.45) is 0 Å². The van der Waals surface area contributed by atoms with Crippen molar-refractivity contribution in [1.29, 1.82) is 0 Å². The number of hydrogen-bond acceptors (Lipinski definition) is 3. The molecule has 2 aromatic heterocycles. The highest BCUT2D eigenvalue weighted by atomic mass is 14.9. The lowest BCUT2D eigenvalue weighted by Crippen LogP contribution is -2.14. The quantitative estimate of drug-likeness (QED) is 0.708. The number of nitrogens with two attached hydrogens (primary N) is 1. The Labute approximate surface area is 118 Å². The smallest absolute Gasteiger partial charge is 0.142 e. The zero-order valence-electron chi connectivity index (χ0n) is 11.9. The number of aromatic nitrogens is 3. The van der Waals surface area contributed by atoms with E-state index >= 15 is 0 Å². The van der Waals surface area contributed by atoms with Crippen molar-refractivity contribution in [3.63, 3.8) is 0 Å². The molecular formula is C16H18N4. The summed E-state index contributed by atoms with van der Waals surface area (Å²) in [6.45, 7) is 6.36. The van der Waals surface area contributed by atoms with Crippen molar-refractivity contribution in [2.45, 2.75) is 26.2 Å². The minimum Gasteiger partial charge on any atom is -0.398 e. The fourth-order valence-corrected chi connectivity index (χ4v) is 2.16. The number of fused-ring (bicyclic) bond motifs is 1. The molecule has 0 atom stereocenters. The molecule has 3 aromatic rings. The number of para-hydroxylation sites is 2. The van der Waals surface area contributed by atoms with Crippen molar-refractivity contribution in [3.05, 3.63) is 42.2 Å². The zero-order valence-corrected chi connectivity index (χ0v) is 11.9. The predicted octanol–water partition coefficient (Wildman–Crippen LogP) is 3.50. The van der Waals surface area contributed by atoms with Gasteiger partial charge in [0, 0.05) is 23.0 Å². The summed E-state index contributed by atoms with van der Waals surface area (Å²) in [6.07, 6.45) is 1.80. The summed E-state index contributed by atoms with van der Waals surface area (Å²) >= 11 is 0. The van der Waals surface area contributed by atoms with E-state index in [1.54, 1.807) is 6.20 Å². The summed E-state index contributed by atoms with van der Waals surface area (Å²) in [5.41, 5.74) is 10.6. The van der Waals surface area contributed by atoms with Gasteiger partial charge in [0.15, 0.2) is 0 Å². The van der Waals surface area contributed by atoms with Crippen LogP contribution in [0, 0.1) is 0 Å². The molecule has 0 aliphatic carbocycles. The Kier molecular flexibility index (Phi) is 2.74. The normalized spacial score (nSPS) is 11.9. The molecule has 0 amide bonds. The number of nitrogens with zero attached hydrogens (tertiary/aromatic N) is 2. The van der Waals surface area contributed by atoms with Crippen LogP contribution in [-0.4, -0.2) is 15.0 Å². The van der Waals surface area contributed by atoms with Gasteiger partial charge in [-0.25, -0.2) is 4.98 Å². The van der Waals surface area contributed by atoms with Gasteiger partial charge in [-0.15, -0.1) is 0 Å². The highest BCUT2D eigenvalue weighted by Gasteiger charge is 2.17. The maximum atomic E-state index is 6.17. The van der Waals surface area contributed by atoms with Gasteiger partial charge in [0.25, 0.3) is 0 Å².